The maximum atomic E-state index is 10.5. The van der Waals surface area contributed by atoms with Crippen LogP contribution in [0.2, 0.25) is 0 Å². The van der Waals surface area contributed by atoms with Crippen molar-refractivity contribution in [3.05, 3.63) is 0 Å². The molecular weight excluding hydrogens is 230 g/mol. The molecule has 1 amide bonds. The predicted molar refractivity (Wildman–Crippen MR) is 73.3 cm³/mol. The van der Waals surface area contributed by atoms with Crippen LogP contribution in [0.5, 0.6) is 0 Å². The van der Waals surface area contributed by atoms with Gasteiger partial charge in [0.05, 0.1) is 0 Å². The van der Waals surface area contributed by atoms with Crippen LogP contribution in [0.15, 0.2) is 0 Å². The van der Waals surface area contributed by atoms with E-state index >= 15 is 0 Å². The van der Waals surface area contributed by atoms with Crippen molar-refractivity contribution in [2.24, 2.45) is 17.6 Å². The molecule has 1 aliphatic rings. The number of hydrogen-bond acceptors (Lipinski definition) is 3. The number of nitrogens with two attached hydrogens (primary N) is 1. The van der Waals surface area contributed by atoms with Crippen LogP contribution in [0, 0.1) is 11.8 Å². The molecule has 4 heteroatoms. The lowest BCUT2D eigenvalue weighted by molar-refractivity contribution is -0.118. The summed E-state index contributed by atoms with van der Waals surface area (Å²) in [6.07, 6.45) is 6.18. The van der Waals surface area contributed by atoms with E-state index in [1.54, 1.807) is 0 Å². The molecule has 1 fully saturated rings. The third kappa shape index (κ3) is 6.97. The topological polar surface area (TPSA) is 61.6 Å². The minimum atomic E-state index is -0.241. The van der Waals surface area contributed by atoms with Crippen LogP contribution in [0.3, 0.4) is 0 Å². The van der Waals surface area contributed by atoms with Crippen LogP contribution in [-0.4, -0.2) is 32.3 Å². The minimum Gasteiger partial charge on any atom is -0.381 e. The second kappa shape index (κ2) is 9.34. The zero-order valence-electron chi connectivity index (χ0n) is 11.5. The largest absolute Gasteiger partial charge is 0.381 e. The number of ether oxygens (including phenoxy) is 2. The van der Waals surface area contributed by atoms with Crippen molar-refractivity contribution in [1.29, 1.82) is 0 Å². The summed E-state index contributed by atoms with van der Waals surface area (Å²) in [5, 5.41) is 0. The van der Waals surface area contributed by atoms with E-state index in [0.29, 0.717) is 18.9 Å². The number of amides is 1. The van der Waals surface area contributed by atoms with Gasteiger partial charge in [-0.15, -0.1) is 0 Å². The van der Waals surface area contributed by atoms with Gasteiger partial charge in [-0.05, 0) is 50.9 Å². The maximum Gasteiger partial charge on any atom is 0.217 e. The zero-order valence-corrected chi connectivity index (χ0v) is 11.5. The molecule has 0 bridgehead atoms. The van der Waals surface area contributed by atoms with E-state index in [9.17, 15) is 4.79 Å². The molecule has 2 N–H and O–H groups in total. The lowest BCUT2D eigenvalue weighted by atomic mass is 9.83. The highest BCUT2D eigenvalue weighted by molar-refractivity contribution is 5.73. The molecule has 0 aromatic carbocycles. The molecule has 0 radical (unpaired) electrons. The van der Waals surface area contributed by atoms with Crippen molar-refractivity contribution in [3.63, 3.8) is 0 Å². The Hall–Kier alpha value is -0.610. The van der Waals surface area contributed by atoms with Crippen LogP contribution in [0.1, 0.15) is 46.9 Å². The second-order valence-corrected chi connectivity index (χ2v) is 5.19. The van der Waals surface area contributed by atoms with Gasteiger partial charge in [-0.1, -0.05) is 0 Å². The van der Waals surface area contributed by atoms with Crippen molar-refractivity contribution in [2.75, 3.05) is 26.4 Å². The Bertz CT molecular complexity index is 231. The average Bonchev–Trinajstić information content (AvgIpc) is 2.37. The summed E-state index contributed by atoms with van der Waals surface area (Å²) in [5.41, 5.74) is 5.07. The Morgan fingerprint density at radius 3 is 2.22 bits per heavy atom. The van der Waals surface area contributed by atoms with E-state index < -0.39 is 0 Å². The van der Waals surface area contributed by atoms with Crippen LogP contribution in [0.25, 0.3) is 0 Å². The van der Waals surface area contributed by atoms with Gasteiger partial charge in [0.25, 0.3) is 0 Å². The van der Waals surface area contributed by atoms with E-state index in [0.717, 1.165) is 32.2 Å². The van der Waals surface area contributed by atoms with Gasteiger partial charge >= 0.3 is 0 Å². The van der Waals surface area contributed by atoms with E-state index in [-0.39, 0.29) is 7.33 Å². The Morgan fingerprint density at radius 1 is 1.17 bits per heavy atom. The summed E-state index contributed by atoms with van der Waals surface area (Å²) in [7, 11) is 0. The Kier molecular flexibility index (Phi) is 8.01. The van der Waals surface area contributed by atoms with Crippen molar-refractivity contribution < 1.29 is 15.7 Å². The Labute approximate surface area is 112 Å². The highest BCUT2D eigenvalue weighted by atomic mass is 16.5. The minimum absolute atomic E-state index is 0. The van der Waals surface area contributed by atoms with E-state index in [4.69, 9.17) is 15.2 Å². The number of hydrogen-bond donors (Lipinski definition) is 1. The number of carbonyl (C=O) groups is 1. The lowest BCUT2D eigenvalue weighted by Crippen LogP contribution is -2.22. The average molecular weight is 259 g/mol. The van der Waals surface area contributed by atoms with Crippen molar-refractivity contribution in [1.82, 2.24) is 0 Å². The highest BCUT2D eigenvalue weighted by Gasteiger charge is 2.21. The third-order valence-electron chi connectivity index (χ3n) is 3.59. The molecule has 0 aliphatic heterocycles. The monoisotopic (exact) mass is 259 g/mol. The number of carbonyl (C=O) groups excluding carboxylic acids is 1. The molecule has 0 unspecified atom stereocenters. The maximum absolute atomic E-state index is 10.5. The normalized spacial score (nSPS) is 24.1. The lowest BCUT2D eigenvalue weighted by Gasteiger charge is -2.28. The fourth-order valence-corrected chi connectivity index (χ4v) is 2.45. The first-order chi connectivity index (χ1) is 8.72. The molecule has 0 aromatic rings. The summed E-state index contributed by atoms with van der Waals surface area (Å²) < 4.78 is 11.1. The molecule has 1 aliphatic carbocycles. The standard InChI is InChI=1S/C14H27NO3.H2/c1-2-17-10-12-5-7-13(8-6-12)11-18-9-3-4-14(15)16;/h12-13H,2-11H2,1H3,(H2,15,16);1H. The van der Waals surface area contributed by atoms with Gasteiger partial charge < -0.3 is 15.2 Å². The fourth-order valence-electron chi connectivity index (χ4n) is 2.45. The molecule has 4 nitrogen and oxygen atoms in total. The van der Waals surface area contributed by atoms with Gasteiger partial charge in [0.2, 0.25) is 5.91 Å². The molecule has 1 rings (SSSR count). The molecule has 0 atom stereocenters. The summed E-state index contributed by atoms with van der Waals surface area (Å²) in [5.74, 6) is 1.20. The van der Waals surface area contributed by atoms with Gasteiger partial charge in [-0.3, -0.25) is 4.79 Å². The molecular formula is C14H29NO3. The van der Waals surface area contributed by atoms with Crippen LogP contribution < -0.4 is 5.73 Å². The van der Waals surface area contributed by atoms with Crippen molar-refractivity contribution in [2.45, 2.75) is 45.4 Å². The Morgan fingerprint density at radius 2 is 1.72 bits per heavy atom. The smallest absolute Gasteiger partial charge is 0.217 e. The van der Waals surface area contributed by atoms with Gasteiger partial charge in [-0.25, -0.2) is 0 Å². The first kappa shape index (κ1) is 15.4. The van der Waals surface area contributed by atoms with Gasteiger partial charge in [-0.2, -0.15) is 0 Å². The van der Waals surface area contributed by atoms with Crippen LogP contribution in [0.4, 0.5) is 0 Å². The molecule has 1 saturated carbocycles. The first-order valence-corrected chi connectivity index (χ1v) is 7.16. The van der Waals surface area contributed by atoms with Crippen molar-refractivity contribution >= 4 is 5.91 Å². The molecule has 0 saturated heterocycles. The molecule has 0 spiro atoms. The first-order valence-electron chi connectivity index (χ1n) is 7.16. The SMILES string of the molecule is CCOCC1CCC(COCCCC(N)=O)CC1.[HH]. The molecule has 108 valence electrons. The molecule has 0 aromatic heterocycles. The third-order valence-corrected chi connectivity index (χ3v) is 3.59. The second-order valence-electron chi connectivity index (χ2n) is 5.19. The van der Waals surface area contributed by atoms with E-state index in [2.05, 4.69) is 0 Å². The van der Waals surface area contributed by atoms with E-state index in [1.165, 1.54) is 25.7 Å². The summed E-state index contributed by atoms with van der Waals surface area (Å²) in [4.78, 5) is 10.5. The highest BCUT2D eigenvalue weighted by Crippen LogP contribution is 2.29. The summed E-state index contributed by atoms with van der Waals surface area (Å²) in [6.45, 7) is 5.28. The van der Waals surface area contributed by atoms with Crippen LogP contribution in [-0.2, 0) is 14.3 Å². The molecule has 18 heavy (non-hydrogen) atoms. The van der Waals surface area contributed by atoms with Crippen molar-refractivity contribution in [3.8, 4) is 0 Å². The Balaban J connectivity index is 0.00000324. The van der Waals surface area contributed by atoms with E-state index in [1.807, 2.05) is 6.92 Å². The zero-order chi connectivity index (χ0) is 13.2. The fraction of sp³-hybridized carbons (Fsp3) is 0.929. The van der Waals surface area contributed by atoms with Gasteiger partial charge in [0, 0.05) is 34.3 Å². The number of primary amides is 1. The summed E-state index contributed by atoms with van der Waals surface area (Å²) in [6, 6.07) is 0. The summed E-state index contributed by atoms with van der Waals surface area (Å²) >= 11 is 0. The quantitative estimate of drug-likeness (QED) is 0.647. The number of rotatable bonds is 9. The predicted octanol–water partition coefficient (Wildman–Crippen LogP) is 2.36. The molecule has 0 heterocycles. The van der Waals surface area contributed by atoms with Crippen LogP contribution >= 0.6 is 0 Å². The van der Waals surface area contributed by atoms with Gasteiger partial charge in [0.15, 0.2) is 0 Å². The van der Waals surface area contributed by atoms with Gasteiger partial charge in [0.1, 0.15) is 0 Å².